The van der Waals surface area contributed by atoms with Crippen molar-refractivity contribution in [2.45, 2.75) is 13.5 Å². The first kappa shape index (κ1) is 12.9. The summed E-state index contributed by atoms with van der Waals surface area (Å²) < 4.78 is 0. The normalized spacial score (nSPS) is 10.4. The van der Waals surface area contributed by atoms with Gasteiger partial charge in [0.15, 0.2) is 0 Å². The number of nitrogens with zero attached hydrogens (tertiary/aromatic N) is 1. The zero-order valence-corrected chi connectivity index (χ0v) is 12.2. The van der Waals surface area contributed by atoms with Crippen LogP contribution in [0.4, 0.5) is 5.69 Å². The number of aromatic nitrogens is 1. The van der Waals surface area contributed by atoms with E-state index in [-0.39, 0.29) is 0 Å². The predicted octanol–water partition coefficient (Wildman–Crippen LogP) is 4.73. The van der Waals surface area contributed by atoms with Crippen molar-refractivity contribution in [2.24, 2.45) is 0 Å². The van der Waals surface area contributed by atoms with Crippen LogP contribution in [0, 0.1) is 6.92 Å². The van der Waals surface area contributed by atoms with Gasteiger partial charge in [-0.3, -0.25) is 4.98 Å². The molecular weight excluding hydrogens is 264 g/mol. The Kier molecular flexibility index (Phi) is 3.79. The second kappa shape index (κ2) is 5.88. The van der Waals surface area contributed by atoms with Crippen LogP contribution in [0.1, 0.15) is 11.1 Å². The van der Waals surface area contributed by atoms with Crippen molar-refractivity contribution in [3.05, 3.63) is 71.4 Å². The van der Waals surface area contributed by atoms with E-state index in [1.54, 1.807) is 11.3 Å². The van der Waals surface area contributed by atoms with E-state index in [4.69, 9.17) is 0 Å². The van der Waals surface area contributed by atoms with Gasteiger partial charge in [0, 0.05) is 35.1 Å². The summed E-state index contributed by atoms with van der Waals surface area (Å²) in [6, 6.07) is 14.7. The van der Waals surface area contributed by atoms with Crippen LogP contribution < -0.4 is 5.32 Å². The number of aryl methyl sites for hydroxylation is 1. The summed E-state index contributed by atoms with van der Waals surface area (Å²) in [7, 11) is 0. The predicted molar refractivity (Wildman–Crippen MR) is 86.1 cm³/mol. The smallest absolute Gasteiger partial charge is 0.0430 e. The molecule has 2 nitrogen and oxygen atoms in total. The second-order valence-corrected chi connectivity index (χ2v) is 5.63. The molecule has 2 heterocycles. The van der Waals surface area contributed by atoms with E-state index in [0.717, 1.165) is 6.54 Å². The number of benzene rings is 1. The summed E-state index contributed by atoms with van der Waals surface area (Å²) in [5.41, 5.74) is 4.91. The highest BCUT2D eigenvalue weighted by atomic mass is 32.1. The Labute approximate surface area is 123 Å². The molecule has 0 saturated heterocycles. The van der Waals surface area contributed by atoms with Gasteiger partial charge >= 0.3 is 0 Å². The number of pyridine rings is 1. The van der Waals surface area contributed by atoms with E-state index in [0.29, 0.717) is 0 Å². The van der Waals surface area contributed by atoms with Crippen molar-refractivity contribution < 1.29 is 0 Å². The number of para-hydroxylation sites is 1. The molecule has 0 aliphatic rings. The Bertz CT molecular complexity index is 690. The highest BCUT2D eigenvalue weighted by molar-refractivity contribution is 7.13. The third-order valence-corrected chi connectivity index (χ3v) is 4.23. The zero-order valence-electron chi connectivity index (χ0n) is 11.3. The number of hydrogen-bond donors (Lipinski definition) is 1. The standard InChI is InChI=1S/C17H16N2S/c1-13-8-9-18-11-14(13)12-19-16-6-3-2-5-15(16)17-7-4-10-20-17/h2-11,19H,12H2,1H3. The largest absolute Gasteiger partial charge is 0.380 e. The van der Waals surface area contributed by atoms with Crippen molar-refractivity contribution in [3.63, 3.8) is 0 Å². The van der Waals surface area contributed by atoms with E-state index < -0.39 is 0 Å². The van der Waals surface area contributed by atoms with Crippen LogP contribution >= 0.6 is 11.3 Å². The highest BCUT2D eigenvalue weighted by Gasteiger charge is 2.05. The first-order valence-electron chi connectivity index (χ1n) is 6.61. The number of hydrogen-bond acceptors (Lipinski definition) is 3. The molecule has 0 amide bonds. The topological polar surface area (TPSA) is 24.9 Å². The molecule has 2 aromatic heterocycles. The van der Waals surface area contributed by atoms with Gasteiger partial charge in [0.2, 0.25) is 0 Å². The monoisotopic (exact) mass is 280 g/mol. The first-order valence-corrected chi connectivity index (χ1v) is 7.49. The minimum Gasteiger partial charge on any atom is -0.380 e. The zero-order chi connectivity index (χ0) is 13.8. The molecule has 3 rings (SSSR count). The van der Waals surface area contributed by atoms with Crippen LogP contribution in [0.15, 0.2) is 60.2 Å². The quantitative estimate of drug-likeness (QED) is 0.747. The fourth-order valence-electron chi connectivity index (χ4n) is 2.16. The van der Waals surface area contributed by atoms with Crippen LogP contribution in [-0.4, -0.2) is 4.98 Å². The molecule has 3 aromatic rings. The van der Waals surface area contributed by atoms with Gasteiger partial charge in [0.25, 0.3) is 0 Å². The van der Waals surface area contributed by atoms with E-state index >= 15 is 0 Å². The van der Waals surface area contributed by atoms with E-state index in [9.17, 15) is 0 Å². The minimum absolute atomic E-state index is 0.794. The molecule has 1 N–H and O–H groups in total. The fraction of sp³-hybridized carbons (Fsp3) is 0.118. The SMILES string of the molecule is Cc1ccncc1CNc1ccccc1-c1cccs1. The third-order valence-electron chi connectivity index (χ3n) is 3.33. The van der Waals surface area contributed by atoms with Crippen molar-refractivity contribution >= 4 is 17.0 Å². The molecule has 0 fully saturated rings. The number of anilines is 1. The number of thiophene rings is 1. The van der Waals surface area contributed by atoms with Gasteiger partial charge in [0.05, 0.1) is 0 Å². The molecule has 0 bridgehead atoms. The molecule has 3 heteroatoms. The van der Waals surface area contributed by atoms with Crippen LogP contribution in [0.5, 0.6) is 0 Å². The maximum Gasteiger partial charge on any atom is 0.0430 e. The molecule has 0 spiro atoms. The Hall–Kier alpha value is -2.13. The molecule has 20 heavy (non-hydrogen) atoms. The molecule has 0 aliphatic heterocycles. The summed E-state index contributed by atoms with van der Waals surface area (Å²) >= 11 is 1.76. The molecule has 0 saturated carbocycles. The van der Waals surface area contributed by atoms with Crippen LogP contribution in [-0.2, 0) is 6.54 Å². The van der Waals surface area contributed by atoms with Gasteiger partial charge in [0.1, 0.15) is 0 Å². The lowest BCUT2D eigenvalue weighted by molar-refractivity contribution is 1.08. The molecule has 0 aliphatic carbocycles. The Morgan fingerprint density at radius 2 is 2.00 bits per heavy atom. The van der Waals surface area contributed by atoms with E-state index in [1.165, 1.54) is 27.3 Å². The Balaban J connectivity index is 1.84. The lowest BCUT2D eigenvalue weighted by atomic mass is 10.1. The maximum atomic E-state index is 4.19. The molecule has 0 atom stereocenters. The van der Waals surface area contributed by atoms with E-state index in [2.05, 4.69) is 59.0 Å². The average molecular weight is 280 g/mol. The van der Waals surface area contributed by atoms with E-state index in [1.807, 2.05) is 18.5 Å². The summed E-state index contributed by atoms with van der Waals surface area (Å²) in [6.07, 6.45) is 3.76. The van der Waals surface area contributed by atoms with Crippen LogP contribution in [0.25, 0.3) is 10.4 Å². The molecule has 0 radical (unpaired) electrons. The lowest BCUT2D eigenvalue weighted by Gasteiger charge is -2.12. The maximum absolute atomic E-state index is 4.19. The molecule has 100 valence electrons. The van der Waals surface area contributed by atoms with Gasteiger partial charge in [-0.05, 0) is 41.6 Å². The summed E-state index contributed by atoms with van der Waals surface area (Å²) in [5, 5.41) is 5.63. The van der Waals surface area contributed by atoms with Crippen LogP contribution in [0.3, 0.4) is 0 Å². The number of nitrogens with one attached hydrogen (secondary N) is 1. The lowest BCUT2D eigenvalue weighted by Crippen LogP contribution is -2.02. The summed E-state index contributed by atoms with van der Waals surface area (Å²) in [6.45, 7) is 2.91. The Morgan fingerprint density at radius 3 is 2.80 bits per heavy atom. The minimum atomic E-state index is 0.794. The summed E-state index contributed by atoms with van der Waals surface area (Å²) in [5.74, 6) is 0. The van der Waals surface area contributed by atoms with Gasteiger partial charge < -0.3 is 5.32 Å². The second-order valence-electron chi connectivity index (χ2n) is 4.68. The van der Waals surface area contributed by atoms with Crippen molar-refractivity contribution in [3.8, 4) is 10.4 Å². The molecule has 1 aromatic carbocycles. The molecular formula is C17H16N2S. The van der Waals surface area contributed by atoms with Crippen molar-refractivity contribution in [1.29, 1.82) is 0 Å². The molecule has 0 unspecified atom stereocenters. The van der Waals surface area contributed by atoms with Gasteiger partial charge in [-0.1, -0.05) is 24.3 Å². The van der Waals surface area contributed by atoms with Gasteiger partial charge in [-0.2, -0.15) is 0 Å². The van der Waals surface area contributed by atoms with Gasteiger partial charge in [-0.25, -0.2) is 0 Å². The highest BCUT2D eigenvalue weighted by Crippen LogP contribution is 2.31. The fourth-order valence-corrected chi connectivity index (χ4v) is 2.92. The third kappa shape index (κ3) is 2.73. The average Bonchev–Trinajstić information content (AvgIpc) is 3.01. The van der Waals surface area contributed by atoms with Crippen LogP contribution in [0.2, 0.25) is 0 Å². The number of rotatable bonds is 4. The summed E-state index contributed by atoms with van der Waals surface area (Å²) in [4.78, 5) is 5.48. The first-order chi connectivity index (χ1) is 9.84. The van der Waals surface area contributed by atoms with Gasteiger partial charge in [-0.15, -0.1) is 11.3 Å². The van der Waals surface area contributed by atoms with Crippen molar-refractivity contribution in [2.75, 3.05) is 5.32 Å². The Morgan fingerprint density at radius 1 is 1.10 bits per heavy atom. The van der Waals surface area contributed by atoms with Crippen molar-refractivity contribution in [1.82, 2.24) is 4.98 Å².